The van der Waals surface area contributed by atoms with Gasteiger partial charge in [0.05, 0.1) is 6.10 Å². The van der Waals surface area contributed by atoms with Crippen molar-refractivity contribution in [3.8, 4) is 0 Å². The standard InChI is InChI=1S/C16H24F2O/c1-2-3-4-5-6-7-8-9-16(19)13-10-11-14(17)15(18)12-13/h10-12,16,19H,2-9H2,1H3. The summed E-state index contributed by atoms with van der Waals surface area (Å²) in [6.45, 7) is 2.19. The molecule has 0 aliphatic carbocycles. The quantitative estimate of drug-likeness (QED) is 0.616. The molecule has 0 bridgehead atoms. The van der Waals surface area contributed by atoms with Crippen LogP contribution in [0.15, 0.2) is 18.2 Å². The van der Waals surface area contributed by atoms with Gasteiger partial charge in [-0.1, -0.05) is 57.9 Å². The summed E-state index contributed by atoms with van der Waals surface area (Å²) in [6.07, 6.45) is 8.18. The van der Waals surface area contributed by atoms with Gasteiger partial charge >= 0.3 is 0 Å². The minimum absolute atomic E-state index is 0.463. The summed E-state index contributed by atoms with van der Waals surface area (Å²) in [5.41, 5.74) is 0.463. The van der Waals surface area contributed by atoms with Crippen molar-refractivity contribution in [2.24, 2.45) is 0 Å². The molecule has 3 heteroatoms. The number of unbranched alkanes of at least 4 members (excludes halogenated alkanes) is 6. The fraction of sp³-hybridized carbons (Fsp3) is 0.625. The van der Waals surface area contributed by atoms with Crippen LogP contribution in [0.3, 0.4) is 0 Å². The minimum atomic E-state index is -0.892. The van der Waals surface area contributed by atoms with Crippen LogP contribution in [0.5, 0.6) is 0 Å². The van der Waals surface area contributed by atoms with E-state index in [1.165, 1.54) is 38.2 Å². The largest absolute Gasteiger partial charge is 0.388 e. The van der Waals surface area contributed by atoms with Gasteiger partial charge in [-0.15, -0.1) is 0 Å². The molecule has 1 N–H and O–H groups in total. The van der Waals surface area contributed by atoms with E-state index in [1.807, 2.05) is 0 Å². The fourth-order valence-corrected chi connectivity index (χ4v) is 2.18. The molecule has 1 nitrogen and oxygen atoms in total. The number of hydrogen-bond donors (Lipinski definition) is 1. The molecule has 1 rings (SSSR count). The molecular formula is C16H24F2O. The fourth-order valence-electron chi connectivity index (χ4n) is 2.18. The van der Waals surface area contributed by atoms with Crippen LogP contribution in [0.4, 0.5) is 8.78 Å². The van der Waals surface area contributed by atoms with Crippen molar-refractivity contribution < 1.29 is 13.9 Å². The smallest absolute Gasteiger partial charge is 0.159 e. The summed E-state index contributed by atoms with van der Waals surface area (Å²) < 4.78 is 25.8. The molecule has 19 heavy (non-hydrogen) atoms. The number of benzene rings is 1. The van der Waals surface area contributed by atoms with Gasteiger partial charge in [0.15, 0.2) is 11.6 Å². The van der Waals surface area contributed by atoms with E-state index >= 15 is 0 Å². The van der Waals surface area contributed by atoms with Gasteiger partial charge < -0.3 is 5.11 Å². The molecule has 1 unspecified atom stereocenters. The molecule has 0 aromatic heterocycles. The van der Waals surface area contributed by atoms with Gasteiger partial charge in [0.25, 0.3) is 0 Å². The number of halogens is 2. The molecule has 0 heterocycles. The summed E-state index contributed by atoms with van der Waals surface area (Å²) >= 11 is 0. The van der Waals surface area contributed by atoms with Crippen molar-refractivity contribution in [2.45, 2.75) is 64.4 Å². The average Bonchev–Trinajstić information content (AvgIpc) is 2.40. The Balaban J connectivity index is 2.20. The number of aliphatic hydroxyl groups excluding tert-OH is 1. The molecule has 0 spiro atoms. The Bertz CT molecular complexity index is 366. The van der Waals surface area contributed by atoms with Gasteiger partial charge in [-0.3, -0.25) is 0 Å². The third kappa shape index (κ3) is 6.15. The Morgan fingerprint density at radius 3 is 2.21 bits per heavy atom. The molecule has 0 fully saturated rings. The average molecular weight is 270 g/mol. The Morgan fingerprint density at radius 2 is 1.58 bits per heavy atom. The molecule has 0 radical (unpaired) electrons. The molecule has 0 aliphatic rings. The summed E-state index contributed by atoms with van der Waals surface area (Å²) in [5.74, 6) is -1.76. The van der Waals surface area contributed by atoms with Crippen LogP contribution in [0.2, 0.25) is 0 Å². The van der Waals surface area contributed by atoms with Crippen molar-refractivity contribution in [1.82, 2.24) is 0 Å². The van der Waals surface area contributed by atoms with Gasteiger partial charge in [0, 0.05) is 0 Å². The molecule has 108 valence electrons. The first-order valence-corrected chi connectivity index (χ1v) is 7.28. The topological polar surface area (TPSA) is 20.2 Å². The molecule has 0 aliphatic heterocycles. The van der Waals surface area contributed by atoms with Gasteiger partial charge in [-0.2, -0.15) is 0 Å². The maximum Gasteiger partial charge on any atom is 0.159 e. The Hall–Kier alpha value is -0.960. The van der Waals surface area contributed by atoms with E-state index in [0.29, 0.717) is 12.0 Å². The first-order valence-electron chi connectivity index (χ1n) is 7.28. The second kappa shape index (κ2) is 9.03. The highest BCUT2D eigenvalue weighted by molar-refractivity contribution is 5.19. The van der Waals surface area contributed by atoms with Crippen LogP contribution in [0.1, 0.15) is 70.0 Å². The lowest BCUT2D eigenvalue weighted by molar-refractivity contribution is 0.162. The zero-order valence-corrected chi connectivity index (χ0v) is 11.7. The zero-order chi connectivity index (χ0) is 14.1. The van der Waals surface area contributed by atoms with E-state index in [4.69, 9.17) is 0 Å². The SMILES string of the molecule is CCCCCCCCCC(O)c1ccc(F)c(F)c1. The molecular weight excluding hydrogens is 246 g/mol. The van der Waals surface area contributed by atoms with E-state index in [0.717, 1.165) is 25.0 Å². The van der Waals surface area contributed by atoms with E-state index < -0.39 is 17.7 Å². The van der Waals surface area contributed by atoms with Gasteiger partial charge in [-0.05, 0) is 24.1 Å². The van der Waals surface area contributed by atoms with E-state index in [-0.39, 0.29) is 0 Å². The molecule has 0 saturated carbocycles. The van der Waals surface area contributed by atoms with Crippen molar-refractivity contribution in [2.75, 3.05) is 0 Å². The maximum atomic E-state index is 13.0. The summed E-state index contributed by atoms with van der Waals surface area (Å²) in [7, 11) is 0. The van der Waals surface area contributed by atoms with Crippen molar-refractivity contribution in [3.63, 3.8) is 0 Å². The lowest BCUT2D eigenvalue weighted by atomic mass is 10.0. The third-order valence-corrected chi connectivity index (χ3v) is 3.41. The van der Waals surface area contributed by atoms with Crippen molar-refractivity contribution in [3.05, 3.63) is 35.4 Å². The minimum Gasteiger partial charge on any atom is -0.388 e. The number of aliphatic hydroxyl groups is 1. The maximum absolute atomic E-state index is 13.0. The highest BCUT2D eigenvalue weighted by Crippen LogP contribution is 2.22. The predicted octanol–water partition coefficient (Wildman–Crippen LogP) is 5.14. The number of hydrogen-bond acceptors (Lipinski definition) is 1. The molecule has 1 aromatic carbocycles. The lowest BCUT2D eigenvalue weighted by Gasteiger charge is -2.11. The Kier molecular flexibility index (Phi) is 7.65. The van der Waals surface area contributed by atoms with Crippen LogP contribution in [0.25, 0.3) is 0 Å². The lowest BCUT2D eigenvalue weighted by Crippen LogP contribution is -1.99. The molecule has 1 aromatic rings. The van der Waals surface area contributed by atoms with Gasteiger partial charge in [-0.25, -0.2) is 8.78 Å². The number of rotatable bonds is 9. The van der Waals surface area contributed by atoms with Gasteiger partial charge in [0.1, 0.15) is 0 Å². The summed E-state index contributed by atoms with van der Waals surface area (Å²) in [6, 6.07) is 3.60. The predicted molar refractivity (Wildman–Crippen MR) is 73.9 cm³/mol. The first-order chi connectivity index (χ1) is 9.15. The first kappa shape index (κ1) is 16.1. The third-order valence-electron chi connectivity index (χ3n) is 3.41. The monoisotopic (exact) mass is 270 g/mol. The highest BCUT2D eigenvalue weighted by Gasteiger charge is 2.10. The zero-order valence-electron chi connectivity index (χ0n) is 11.7. The summed E-state index contributed by atoms with van der Waals surface area (Å²) in [5, 5.41) is 9.89. The summed E-state index contributed by atoms with van der Waals surface area (Å²) in [4.78, 5) is 0. The molecule has 0 saturated heterocycles. The van der Waals surface area contributed by atoms with Crippen LogP contribution < -0.4 is 0 Å². The molecule has 0 amide bonds. The normalized spacial score (nSPS) is 12.6. The van der Waals surface area contributed by atoms with Crippen LogP contribution in [0, 0.1) is 11.6 Å². The second-order valence-electron chi connectivity index (χ2n) is 5.10. The van der Waals surface area contributed by atoms with E-state index in [9.17, 15) is 13.9 Å². The van der Waals surface area contributed by atoms with Crippen molar-refractivity contribution >= 4 is 0 Å². The van der Waals surface area contributed by atoms with Crippen LogP contribution in [-0.4, -0.2) is 5.11 Å². The highest BCUT2D eigenvalue weighted by atomic mass is 19.2. The van der Waals surface area contributed by atoms with Crippen molar-refractivity contribution in [1.29, 1.82) is 0 Å². The van der Waals surface area contributed by atoms with Crippen LogP contribution >= 0.6 is 0 Å². The molecule has 1 atom stereocenters. The van der Waals surface area contributed by atoms with E-state index in [1.54, 1.807) is 0 Å². The van der Waals surface area contributed by atoms with E-state index in [2.05, 4.69) is 6.92 Å². The Morgan fingerprint density at radius 1 is 0.947 bits per heavy atom. The van der Waals surface area contributed by atoms with Gasteiger partial charge in [0.2, 0.25) is 0 Å². The second-order valence-corrected chi connectivity index (χ2v) is 5.10. The van der Waals surface area contributed by atoms with Crippen LogP contribution in [-0.2, 0) is 0 Å². The Labute approximate surface area is 114 Å².